The van der Waals surface area contributed by atoms with E-state index in [2.05, 4.69) is 14.2 Å². The second kappa shape index (κ2) is 6.93. The topological polar surface area (TPSA) is 68.5 Å². The lowest BCUT2D eigenvalue weighted by Gasteiger charge is -2.16. The summed E-state index contributed by atoms with van der Waals surface area (Å²) >= 11 is 0. The summed E-state index contributed by atoms with van der Waals surface area (Å²) in [7, 11) is 0. The monoisotopic (exact) mass is 325 g/mol. The van der Waals surface area contributed by atoms with Gasteiger partial charge < -0.3 is 14.2 Å². The lowest BCUT2D eigenvalue weighted by Crippen LogP contribution is -2.21. The zero-order valence-corrected chi connectivity index (χ0v) is 10.9. The maximum Gasteiger partial charge on any atom is 0.573 e. The van der Waals surface area contributed by atoms with Crippen molar-refractivity contribution in [2.45, 2.75) is 19.9 Å². The molecule has 0 heterocycles. The zero-order chi connectivity index (χ0) is 16.9. The minimum atomic E-state index is -5.18. The molecule has 0 saturated heterocycles. The number of carbonyl (C=O) groups is 1. The van der Waals surface area contributed by atoms with Gasteiger partial charge in [0.25, 0.3) is 0 Å². The molecule has 0 aliphatic heterocycles. The largest absolute Gasteiger partial charge is 0.573 e. The number of halogens is 5. The van der Waals surface area contributed by atoms with Gasteiger partial charge in [-0.25, -0.2) is 4.79 Å². The van der Waals surface area contributed by atoms with Crippen molar-refractivity contribution < 1.29 is 41.0 Å². The Labute approximate surface area is 120 Å². The highest BCUT2D eigenvalue weighted by Crippen LogP contribution is 2.36. The molecular formula is C12H8F5NO4. The van der Waals surface area contributed by atoms with Crippen LogP contribution in [0.4, 0.5) is 22.0 Å². The van der Waals surface area contributed by atoms with E-state index in [1.165, 1.54) is 13.0 Å². The van der Waals surface area contributed by atoms with Crippen LogP contribution < -0.4 is 9.47 Å². The average molecular weight is 325 g/mol. The van der Waals surface area contributed by atoms with Crippen LogP contribution in [0.15, 0.2) is 12.1 Å². The summed E-state index contributed by atoms with van der Waals surface area (Å²) < 4.78 is 73.8. The van der Waals surface area contributed by atoms with Crippen LogP contribution in [0.25, 0.3) is 0 Å². The van der Waals surface area contributed by atoms with E-state index in [0.29, 0.717) is 6.07 Å². The van der Waals surface area contributed by atoms with Gasteiger partial charge in [-0.15, -0.1) is 13.2 Å². The quantitative estimate of drug-likeness (QED) is 0.614. The number of alkyl halides is 5. The van der Waals surface area contributed by atoms with E-state index in [1.54, 1.807) is 0 Å². The second-order valence-corrected chi connectivity index (χ2v) is 3.57. The smallest absolute Gasteiger partial charge is 0.462 e. The normalized spacial score (nSPS) is 11.0. The van der Waals surface area contributed by atoms with E-state index < -0.39 is 41.6 Å². The number of hydrogen-bond acceptors (Lipinski definition) is 5. The number of hydrogen-bond donors (Lipinski definition) is 0. The van der Waals surface area contributed by atoms with E-state index in [-0.39, 0.29) is 6.61 Å². The molecule has 0 fully saturated rings. The summed E-state index contributed by atoms with van der Waals surface area (Å²) in [4.78, 5) is 11.7. The predicted octanol–water partition coefficient (Wildman–Crippen LogP) is 3.23. The number of carbonyl (C=O) groups excluding carboxylic acids is 1. The van der Waals surface area contributed by atoms with Crippen LogP contribution in [0.3, 0.4) is 0 Å². The first-order chi connectivity index (χ1) is 10.2. The fraction of sp³-hybridized carbons (Fsp3) is 0.333. The van der Waals surface area contributed by atoms with Crippen molar-refractivity contribution in [2.24, 2.45) is 0 Å². The van der Waals surface area contributed by atoms with Crippen molar-refractivity contribution in [2.75, 3.05) is 6.61 Å². The Kier molecular flexibility index (Phi) is 5.50. The molecule has 0 saturated carbocycles. The lowest BCUT2D eigenvalue weighted by molar-refractivity contribution is -0.274. The Morgan fingerprint density at radius 1 is 1.36 bits per heavy atom. The highest BCUT2D eigenvalue weighted by atomic mass is 19.4. The fourth-order valence-corrected chi connectivity index (χ4v) is 1.47. The minimum Gasteiger partial charge on any atom is -0.462 e. The molecule has 0 unspecified atom stereocenters. The van der Waals surface area contributed by atoms with Crippen molar-refractivity contribution in [1.29, 1.82) is 5.26 Å². The van der Waals surface area contributed by atoms with Crippen molar-refractivity contribution in [1.82, 2.24) is 0 Å². The molecule has 0 N–H and O–H groups in total. The van der Waals surface area contributed by atoms with E-state index in [1.807, 2.05) is 0 Å². The van der Waals surface area contributed by atoms with Crippen LogP contribution >= 0.6 is 0 Å². The Morgan fingerprint density at radius 2 is 2.00 bits per heavy atom. The first kappa shape index (κ1) is 17.5. The average Bonchev–Trinajstić information content (AvgIpc) is 2.36. The Balaban J connectivity index is 3.51. The summed E-state index contributed by atoms with van der Waals surface area (Å²) in [6.45, 7) is -2.36. The molecule has 0 amide bonds. The number of rotatable bonds is 5. The molecule has 120 valence electrons. The van der Waals surface area contributed by atoms with Gasteiger partial charge >= 0.3 is 18.9 Å². The predicted molar refractivity (Wildman–Crippen MR) is 60.4 cm³/mol. The molecule has 1 aromatic rings. The molecule has 10 heteroatoms. The summed E-state index contributed by atoms with van der Waals surface area (Å²) in [6, 6.07) is 2.81. The third-order valence-corrected chi connectivity index (χ3v) is 2.15. The molecule has 0 spiro atoms. The molecule has 0 atom stereocenters. The molecule has 1 rings (SSSR count). The van der Waals surface area contributed by atoms with Gasteiger partial charge in [0.2, 0.25) is 0 Å². The maximum absolute atomic E-state index is 12.4. The highest BCUT2D eigenvalue weighted by molar-refractivity contribution is 5.96. The van der Waals surface area contributed by atoms with Gasteiger partial charge in [-0.3, -0.25) is 0 Å². The molecule has 0 bridgehead atoms. The number of benzene rings is 1. The first-order valence-electron chi connectivity index (χ1n) is 5.64. The SMILES string of the molecule is CCOC(=O)c1c(OC(F)(F)F)ccc(C#N)c1OC(F)F. The number of nitrogens with zero attached hydrogens (tertiary/aromatic N) is 1. The summed E-state index contributed by atoms with van der Waals surface area (Å²) in [6.07, 6.45) is -5.18. The Morgan fingerprint density at radius 3 is 2.45 bits per heavy atom. The number of ether oxygens (including phenoxy) is 3. The fourth-order valence-electron chi connectivity index (χ4n) is 1.47. The standard InChI is InChI=1S/C12H8F5NO4/c1-2-20-10(19)8-7(22-12(15,16)17)4-3-6(5-18)9(8)21-11(13)14/h3-4,11H,2H2,1H3. The van der Waals surface area contributed by atoms with Gasteiger partial charge in [0, 0.05) is 0 Å². The van der Waals surface area contributed by atoms with Crippen molar-refractivity contribution >= 4 is 5.97 Å². The van der Waals surface area contributed by atoms with Crippen LogP contribution in [0.5, 0.6) is 11.5 Å². The van der Waals surface area contributed by atoms with E-state index in [9.17, 15) is 26.7 Å². The Hall–Kier alpha value is -2.57. The molecule has 0 aliphatic rings. The molecule has 5 nitrogen and oxygen atoms in total. The molecule has 0 aromatic heterocycles. The summed E-state index contributed by atoms with van der Waals surface area (Å²) in [5.41, 5.74) is -1.61. The zero-order valence-electron chi connectivity index (χ0n) is 10.9. The summed E-state index contributed by atoms with van der Waals surface area (Å²) in [5, 5.41) is 8.80. The van der Waals surface area contributed by atoms with Gasteiger partial charge in [-0.1, -0.05) is 0 Å². The third kappa shape index (κ3) is 4.47. The molecule has 0 radical (unpaired) electrons. The second-order valence-electron chi connectivity index (χ2n) is 3.57. The maximum atomic E-state index is 12.4. The van der Waals surface area contributed by atoms with E-state index in [0.717, 1.165) is 6.07 Å². The van der Waals surface area contributed by atoms with Crippen LogP contribution in [0.1, 0.15) is 22.8 Å². The van der Waals surface area contributed by atoms with E-state index in [4.69, 9.17) is 5.26 Å². The number of esters is 1. The van der Waals surface area contributed by atoms with Crippen molar-refractivity contribution in [3.8, 4) is 17.6 Å². The van der Waals surface area contributed by atoms with Crippen molar-refractivity contribution in [3.05, 3.63) is 23.3 Å². The molecule has 0 aliphatic carbocycles. The first-order valence-corrected chi connectivity index (χ1v) is 5.64. The van der Waals surface area contributed by atoms with Gasteiger partial charge in [-0.2, -0.15) is 14.0 Å². The lowest BCUT2D eigenvalue weighted by atomic mass is 10.1. The van der Waals surface area contributed by atoms with Gasteiger partial charge in [0.05, 0.1) is 12.2 Å². The van der Waals surface area contributed by atoms with Crippen LogP contribution in [0.2, 0.25) is 0 Å². The van der Waals surface area contributed by atoms with Crippen LogP contribution in [-0.4, -0.2) is 25.6 Å². The van der Waals surface area contributed by atoms with Crippen LogP contribution in [-0.2, 0) is 4.74 Å². The Bertz CT molecular complexity index is 594. The molecule has 1 aromatic carbocycles. The molecular weight excluding hydrogens is 317 g/mol. The van der Waals surface area contributed by atoms with Crippen LogP contribution in [0, 0.1) is 11.3 Å². The summed E-state index contributed by atoms with van der Waals surface area (Å²) in [5.74, 6) is -3.55. The number of nitriles is 1. The van der Waals surface area contributed by atoms with Gasteiger partial charge in [0.1, 0.15) is 17.4 Å². The van der Waals surface area contributed by atoms with E-state index >= 15 is 0 Å². The van der Waals surface area contributed by atoms with Gasteiger partial charge in [0.15, 0.2) is 5.75 Å². The third-order valence-electron chi connectivity index (χ3n) is 2.15. The van der Waals surface area contributed by atoms with Crippen molar-refractivity contribution in [3.63, 3.8) is 0 Å². The minimum absolute atomic E-state index is 0.241. The highest BCUT2D eigenvalue weighted by Gasteiger charge is 2.35. The van der Waals surface area contributed by atoms with Gasteiger partial charge in [-0.05, 0) is 19.1 Å². The molecule has 22 heavy (non-hydrogen) atoms.